The molecule has 0 spiro atoms. The van der Waals surface area contributed by atoms with Gasteiger partial charge < -0.3 is 4.74 Å². The summed E-state index contributed by atoms with van der Waals surface area (Å²) in [5.41, 5.74) is 3.97. The van der Waals surface area contributed by atoms with E-state index in [2.05, 4.69) is 15.9 Å². The van der Waals surface area contributed by atoms with Crippen molar-refractivity contribution in [2.75, 3.05) is 6.61 Å². The number of hydrogen-bond acceptors (Lipinski definition) is 2. The highest BCUT2D eigenvalue weighted by Gasteiger charge is 2.08. The predicted octanol–water partition coefficient (Wildman–Crippen LogP) is 4.64. The number of Topliss-reactive ketones (excluding diaryl/α,β-unsaturated/α-hetero) is 1. The van der Waals surface area contributed by atoms with Gasteiger partial charge in [-0.05, 0) is 50.1 Å². The largest absolute Gasteiger partial charge is 0.485 e. The Bertz CT molecular complexity index is 624. The predicted molar refractivity (Wildman–Crippen MR) is 84.6 cm³/mol. The van der Waals surface area contributed by atoms with Crippen LogP contribution in [0.5, 0.6) is 5.75 Å². The number of ether oxygens (including phenoxy) is 1. The maximum absolute atomic E-state index is 12.1. The van der Waals surface area contributed by atoms with Crippen LogP contribution in [0.2, 0.25) is 0 Å². The van der Waals surface area contributed by atoms with E-state index in [9.17, 15) is 4.79 Å². The first-order chi connectivity index (χ1) is 9.47. The second kappa shape index (κ2) is 6.23. The third kappa shape index (κ3) is 3.48. The van der Waals surface area contributed by atoms with Gasteiger partial charge in [0.2, 0.25) is 0 Å². The molecular formula is C17H17BrO2. The second-order valence-electron chi connectivity index (χ2n) is 4.95. The molecule has 0 saturated carbocycles. The topological polar surface area (TPSA) is 26.3 Å². The molecule has 0 aliphatic carbocycles. The van der Waals surface area contributed by atoms with Crippen molar-refractivity contribution in [2.45, 2.75) is 20.8 Å². The number of aryl methyl sites for hydroxylation is 3. The lowest BCUT2D eigenvalue weighted by Gasteiger charge is -2.10. The maximum Gasteiger partial charge on any atom is 0.200 e. The zero-order valence-electron chi connectivity index (χ0n) is 11.9. The third-order valence-electron chi connectivity index (χ3n) is 3.12. The molecule has 0 atom stereocenters. The Morgan fingerprint density at radius 3 is 2.35 bits per heavy atom. The molecule has 0 heterocycles. The third-order valence-corrected chi connectivity index (χ3v) is 4.37. The van der Waals surface area contributed by atoms with Crippen LogP contribution in [0.25, 0.3) is 0 Å². The average Bonchev–Trinajstić information content (AvgIpc) is 2.42. The van der Waals surface area contributed by atoms with E-state index in [4.69, 9.17) is 4.74 Å². The lowest BCUT2D eigenvalue weighted by Crippen LogP contribution is -2.11. The van der Waals surface area contributed by atoms with Crippen LogP contribution in [0.3, 0.4) is 0 Å². The molecule has 0 amide bonds. The highest BCUT2D eigenvalue weighted by atomic mass is 79.9. The molecule has 0 aliphatic heterocycles. The van der Waals surface area contributed by atoms with Gasteiger partial charge in [-0.3, -0.25) is 4.79 Å². The fourth-order valence-corrected chi connectivity index (χ4v) is 2.27. The molecule has 3 heteroatoms. The molecule has 2 rings (SSSR count). The number of halogens is 1. The van der Waals surface area contributed by atoms with E-state index in [0.29, 0.717) is 5.56 Å². The van der Waals surface area contributed by atoms with Crippen molar-refractivity contribution in [1.29, 1.82) is 0 Å². The summed E-state index contributed by atoms with van der Waals surface area (Å²) in [7, 11) is 0. The van der Waals surface area contributed by atoms with Crippen LogP contribution in [-0.4, -0.2) is 12.4 Å². The minimum atomic E-state index is -0.00748. The molecule has 104 valence electrons. The molecule has 0 aromatic heterocycles. The molecule has 0 radical (unpaired) electrons. The molecule has 0 bridgehead atoms. The molecule has 0 unspecified atom stereocenters. The monoisotopic (exact) mass is 332 g/mol. The highest BCUT2D eigenvalue weighted by Crippen LogP contribution is 2.26. The number of carbonyl (C=O) groups excluding carboxylic acids is 1. The summed E-state index contributed by atoms with van der Waals surface area (Å²) in [5.74, 6) is 0.719. The van der Waals surface area contributed by atoms with Crippen molar-refractivity contribution in [3.05, 3.63) is 63.1 Å². The number of benzene rings is 2. The Balaban J connectivity index is 2.07. The molecule has 20 heavy (non-hydrogen) atoms. The summed E-state index contributed by atoms with van der Waals surface area (Å²) in [4.78, 5) is 12.1. The first-order valence-corrected chi connectivity index (χ1v) is 7.26. The second-order valence-corrected chi connectivity index (χ2v) is 5.75. The van der Waals surface area contributed by atoms with E-state index >= 15 is 0 Å². The van der Waals surface area contributed by atoms with Crippen LogP contribution in [0.4, 0.5) is 0 Å². The molecule has 0 N–H and O–H groups in total. The van der Waals surface area contributed by atoms with E-state index in [-0.39, 0.29) is 12.4 Å². The van der Waals surface area contributed by atoms with Gasteiger partial charge in [0.15, 0.2) is 12.4 Å². The number of carbonyl (C=O) groups is 1. The maximum atomic E-state index is 12.1. The van der Waals surface area contributed by atoms with Crippen molar-refractivity contribution in [3.63, 3.8) is 0 Å². The van der Waals surface area contributed by atoms with E-state index in [1.165, 1.54) is 0 Å². The van der Waals surface area contributed by atoms with Crippen LogP contribution >= 0.6 is 15.9 Å². The first-order valence-electron chi connectivity index (χ1n) is 6.47. The molecule has 0 saturated heterocycles. The van der Waals surface area contributed by atoms with Crippen LogP contribution in [-0.2, 0) is 0 Å². The molecule has 2 aromatic carbocycles. The summed E-state index contributed by atoms with van der Waals surface area (Å²) in [6.45, 7) is 6.04. The normalized spacial score (nSPS) is 10.4. The molecular weight excluding hydrogens is 316 g/mol. The van der Waals surface area contributed by atoms with Gasteiger partial charge in [0.1, 0.15) is 5.75 Å². The number of hydrogen-bond donors (Lipinski definition) is 0. The Labute approximate surface area is 127 Å². The van der Waals surface area contributed by atoms with Crippen molar-refractivity contribution < 1.29 is 9.53 Å². The molecule has 2 aromatic rings. The first kappa shape index (κ1) is 14.8. The van der Waals surface area contributed by atoms with Crippen molar-refractivity contribution in [3.8, 4) is 5.75 Å². The van der Waals surface area contributed by atoms with Gasteiger partial charge in [-0.15, -0.1) is 0 Å². The fraction of sp³-hybridized carbons (Fsp3) is 0.235. The van der Waals surface area contributed by atoms with Crippen molar-refractivity contribution in [2.24, 2.45) is 0 Å². The average molecular weight is 333 g/mol. The van der Waals surface area contributed by atoms with Gasteiger partial charge in [-0.25, -0.2) is 0 Å². The molecule has 2 nitrogen and oxygen atoms in total. The van der Waals surface area contributed by atoms with E-state index in [1.807, 2.05) is 57.2 Å². The lowest BCUT2D eigenvalue weighted by molar-refractivity contribution is 0.0921. The Hall–Kier alpha value is -1.61. The van der Waals surface area contributed by atoms with E-state index in [0.717, 1.165) is 26.9 Å². The van der Waals surface area contributed by atoms with Gasteiger partial charge >= 0.3 is 0 Å². The smallest absolute Gasteiger partial charge is 0.200 e. The highest BCUT2D eigenvalue weighted by molar-refractivity contribution is 9.10. The van der Waals surface area contributed by atoms with Crippen LogP contribution in [0, 0.1) is 20.8 Å². The SMILES string of the molecule is Cc1cccc(C(=O)COc2cc(C)c(Br)c(C)c2)c1. The summed E-state index contributed by atoms with van der Waals surface area (Å²) >= 11 is 3.52. The minimum absolute atomic E-state index is 0.00748. The lowest BCUT2D eigenvalue weighted by atomic mass is 10.1. The number of rotatable bonds is 4. The zero-order valence-corrected chi connectivity index (χ0v) is 13.5. The summed E-state index contributed by atoms with van der Waals surface area (Å²) in [6, 6.07) is 11.4. The van der Waals surface area contributed by atoms with Crippen LogP contribution < -0.4 is 4.74 Å². The quantitative estimate of drug-likeness (QED) is 0.762. The zero-order chi connectivity index (χ0) is 14.7. The Morgan fingerprint density at radius 1 is 1.10 bits per heavy atom. The van der Waals surface area contributed by atoms with E-state index < -0.39 is 0 Å². The van der Waals surface area contributed by atoms with Crippen LogP contribution in [0.1, 0.15) is 27.0 Å². The molecule has 0 aliphatic rings. The summed E-state index contributed by atoms with van der Waals surface area (Å²) < 4.78 is 6.69. The standard InChI is InChI=1S/C17H17BrO2/c1-11-5-4-6-14(7-11)16(19)10-20-15-8-12(2)17(18)13(3)9-15/h4-9H,10H2,1-3H3. The van der Waals surface area contributed by atoms with Gasteiger partial charge in [0, 0.05) is 10.0 Å². The summed E-state index contributed by atoms with van der Waals surface area (Å²) in [6.07, 6.45) is 0. The Kier molecular flexibility index (Phi) is 4.61. The van der Waals surface area contributed by atoms with Crippen molar-refractivity contribution >= 4 is 21.7 Å². The van der Waals surface area contributed by atoms with E-state index in [1.54, 1.807) is 0 Å². The number of ketones is 1. The van der Waals surface area contributed by atoms with Gasteiger partial charge in [-0.2, -0.15) is 0 Å². The fourth-order valence-electron chi connectivity index (χ4n) is 2.04. The van der Waals surface area contributed by atoms with Gasteiger partial charge in [0.05, 0.1) is 0 Å². The van der Waals surface area contributed by atoms with Gasteiger partial charge in [-0.1, -0.05) is 39.7 Å². The van der Waals surface area contributed by atoms with Crippen LogP contribution in [0.15, 0.2) is 40.9 Å². The van der Waals surface area contributed by atoms with Crippen molar-refractivity contribution in [1.82, 2.24) is 0 Å². The Morgan fingerprint density at radius 2 is 1.75 bits per heavy atom. The molecule has 0 fully saturated rings. The minimum Gasteiger partial charge on any atom is -0.485 e. The summed E-state index contributed by atoms with van der Waals surface area (Å²) in [5, 5.41) is 0. The van der Waals surface area contributed by atoms with Gasteiger partial charge in [0.25, 0.3) is 0 Å².